The fourth-order valence-corrected chi connectivity index (χ4v) is 1.61. The van der Waals surface area contributed by atoms with Crippen molar-refractivity contribution < 1.29 is 0 Å². The molecule has 2 rings (SSSR count). The summed E-state index contributed by atoms with van der Waals surface area (Å²) in [5, 5.41) is 4.17. The minimum Gasteiger partial charge on any atom is -0.266 e. The first kappa shape index (κ1) is 9.40. The summed E-state index contributed by atoms with van der Waals surface area (Å²) in [5.41, 5.74) is 2.06. The first-order valence-electron chi connectivity index (χ1n) is 4.34. The van der Waals surface area contributed by atoms with Crippen LogP contribution in [0.3, 0.4) is 0 Å². The number of rotatable bonds is 2. The van der Waals surface area contributed by atoms with E-state index in [0.29, 0.717) is 6.54 Å². The van der Waals surface area contributed by atoms with E-state index in [1.165, 1.54) is 0 Å². The van der Waals surface area contributed by atoms with Crippen LogP contribution >= 0.6 is 15.9 Å². The van der Waals surface area contributed by atoms with E-state index >= 15 is 0 Å². The molecule has 0 aliphatic carbocycles. The SMILES string of the molecule is Cc1cccc(Cn2cc(Br)cn2)n1. The van der Waals surface area contributed by atoms with Gasteiger partial charge in [0.15, 0.2) is 0 Å². The van der Waals surface area contributed by atoms with E-state index in [2.05, 4.69) is 26.0 Å². The van der Waals surface area contributed by atoms with Gasteiger partial charge in [-0.2, -0.15) is 5.10 Å². The number of nitrogens with zero attached hydrogens (tertiary/aromatic N) is 3. The molecule has 2 heterocycles. The summed E-state index contributed by atoms with van der Waals surface area (Å²) >= 11 is 3.36. The fraction of sp³-hybridized carbons (Fsp3) is 0.200. The number of halogens is 1. The lowest BCUT2D eigenvalue weighted by Gasteiger charge is -2.01. The van der Waals surface area contributed by atoms with Gasteiger partial charge in [0.2, 0.25) is 0 Å². The van der Waals surface area contributed by atoms with Gasteiger partial charge in [0, 0.05) is 11.9 Å². The van der Waals surface area contributed by atoms with Gasteiger partial charge in [-0.1, -0.05) is 6.07 Å². The third kappa shape index (κ3) is 2.20. The van der Waals surface area contributed by atoms with Gasteiger partial charge in [-0.15, -0.1) is 0 Å². The van der Waals surface area contributed by atoms with Crippen molar-refractivity contribution >= 4 is 15.9 Å². The summed E-state index contributed by atoms with van der Waals surface area (Å²) in [6.45, 7) is 2.70. The molecule has 0 aliphatic heterocycles. The van der Waals surface area contributed by atoms with E-state index in [4.69, 9.17) is 0 Å². The first-order valence-corrected chi connectivity index (χ1v) is 5.14. The van der Waals surface area contributed by atoms with Gasteiger partial charge >= 0.3 is 0 Å². The van der Waals surface area contributed by atoms with Gasteiger partial charge in [0.1, 0.15) is 0 Å². The molecular weight excluding hydrogens is 242 g/mol. The molecule has 0 radical (unpaired) electrons. The molecule has 4 heteroatoms. The van der Waals surface area contributed by atoms with Crippen LogP contribution in [0.5, 0.6) is 0 Å². The van der Waals surface area contributed by atoms with Crippen LogP contribution in [0.15, 0.2) is 35.1 Å². The molecule has 2 aromatic rings. The molecule has 0 unspecified atom stereocenters. The van der Waals surface area contributed by atoms with E-state index in [1.54, 1.807) is 6.20 Å². The highest BCUT2D eigenvalue weighted by Gasteiger charge is 1.98. The highest BCUT2D eigenvalue weighted by Crippen LogP contribution is 2.08. The standard InChI is InChI=1S/C10H10BrN3/c1-8-3-2-4-10(13-8)7-14-6-9(11)5-12-14/h2-6H,7H2,1H3. The molecule has 0 aliphatic rings. The monoisotopic (exact) mass is 251 g/mol. The van der Waals surface area contributed by atoms with E-state index in [-0.39, 0.29) is 0 Å². The summed E-state index contributed by atoms with van der Waals surface area (Å²) in [6, 6.07) is 6.00. The van der Waals surface area contributed by atoms with Crippen molar-refractivity contribution in [3.8, 4) is 0 Å². The molecule has 0 N–H and O–H groups in total. The molecule has 0 aromatic carbocycles. The lowest BCUT2D eigenvalue weighted by Crippen LogP contribution is -2.02. The Bertz CT molecular complexity index is 436. The molecule has 72 valence electrons. The van der Waals surface area contributed by atoms with Gasteiger partial charge < -0.3 is 0 Å². The van der Waals surface area contributed by atoms with Crippen molar-refractivity contribution in [3.05, 3.63) is 46.5 Å². The molecular formula is C10H10BrN3. The number of hydrogen-bond acceptors (Lipinski definition) is 2. The second kappa shape index (κ2) is 3.92. The van der Waals surface area contributed by atoms with Crippen LogP contribution in [0.25, 0.3) is 0 Å². The number of aryl methyl sites for hydroxylation is 1. The topological polar surface area (TPSA) is 30.7 Å². The number of hydrogen-bond donors (Lipinski definition) is 0. The summed E-state index contributed by atoms with van der Waals surface area (Å²) in [5.74, 6) is 0. The summed E-state index contributed by atoms with van der Waals surface area (Å²) in [6.07, 6.45) is 3.71. The Labute approximate surface area is 90.9 Å². The third-order valence-corrected chi connectivity index (χ3v) is 2.28. The Morgan fingerprint density at radius 3 is 2.93 bits per heavy atom. The van der Waals surface area contributed by atoms with Gasteiger partial charge in [-0.05, 0) is 35.0 Å². The van der Waals surface area contributed by atoms with Gasteiger partial charge in [0.05, 0.1) is 22.9 Å². The van der Waals surface area contributed by atoms with Crippen LogP contribution in [-0.2, 0) is 6.54 Å². The predicted octanol–water partition coefficient (Wildman–Crippen LogP) is 2.40. The zero-order valence-corrected chi connectivity index (χ0v) is 9.40. The third-order valence-electron chi connectivity index (χ3n) is 1.87. The second-order valence-electron chi connectivity index (χ2n) is 3.13. The number of pyridine rings is 1. The van der Waals surface area contributed by atoms with Crippen molar-refractivity contribution in [1.29, 1.82) is 0 Å². The van der Waals surface area contributed by atoms with Crippen molar-refractivity contribution in [1.82, 2.24) is 14.8 Å². The molecule has 0 bridgehead atoms. The summed E-state index contributed by atoms with van der Waals surface area (Å²) in [4.78, 5) is 4.40. The normalized spacial score (nSPS) is 10.4. The molecule has 0 spiro atoms. The number of aromatic nitrogens is 3. The van der Waals surface area contributed by atoms with Crippen molar-refractivity contribution in [3.63, 3.8) is 0 Å². The maximum atomic E-state index is 4.40. The van der Waals surface area contributed by atoms with Gasteiger partial charge in [-0.25, -0.2) is 0 Å². The highest BCUT2D eigenvalue weighted by atomic mass is 79.9. The average molecular weight is 252 g/mol. The van der Waals surface area contributed by atoms with Crippen molar-refractivity contribution in [2.24, 2.45) is 0 Å². The van der Waals surface area contributed by atoms with Crippen LogP contribution < -0.4 is 0 Å². The van der Waals surface area contributed by atoms with Crippen molar-refractivity contribution in [2.75, 3.05) is 0 Å². The Hall–Kier alpha value is -1.16. The molecule has 3 nitrogen and oxygen atoms in total. The van der Waals surface area contributed by atoms with E-state index in [9.17, 15) is 0 Å². The molecule has 0 atom stereocenters. The predicted molar refractivity (Wildman–Crippen MR) is 58.0 cm³/mol. The van der Waals surface area contributed by atoms with Crippen LogP contribution in [0.1, 0.15) is 11.4 Å². The van der Waals surface area contributed by atoms with E-state index in [0.717, 1.165) is 15.9 Å². The van der Waals surface area contributed by atoms with Crippen LogP contribution in [-0.4, -0.2) is 14.8 Å². The summed E-state index contributed by atoms with van der Waals surface area (Å²) in [7, 11) is 0. The van der Waals surface area contributed by atoms with Crippen LogP contribution in [0, 0.1) is 6.92 Å². The summed E-state index contributed by atoms with van der Waals surface area (Å²) < 4.78 is 2.84. The fourth-order valence-electron chi connectivity index (χ4n) is 1.28. The molecule has 0 fully saturated rings. The molecule has 2 aromatic heterocycles. The van der Waals surface area contributed by atoms with Gasteiger partial charge in [0.25, 0.3) is 0 Å². The molecule has 0 saturated heterocycles. The maximum Gasteiger partial charge on any atom is 0.0831 e. The minimum absolute atomic E-state index is 0.716. The quantitative estimate of drug-likeness (QED) is 0.821. The van der Waals surface area contributed by atoms with Gasteiger partial charge in [-0.3, -0.25) is 9.67 Å². The average Bonchev–Trinajstić information content (AvgIpc) is 2.51. The zero-order chi connectivity index (χ0) is 9.97. The Morgan fingerprint density at radius 2 is 2.29 bits per heavy atom. The zero-order valence-electron chi connectivity index (χ0n) is 7.81. The van der Waals surface area contributed by atoms with Crippen LogP contribution in [0.2, 0.25) is 0 Å². The van der Waals surface area contributed by atoms with E-state index < -0.39 is 0 Å². The Balaban J connectivity index is 2.18. The van der Waals surface area contributed by atoms with Crippen LogP contribution in [0.4, 0.5) is 0 Å². The molecule has 0 saturated carbocycles. The molecule has 14 heavy (non-hydrogen) atoms. The highest BCUT2D eigenvalue weighted by molar-refractivity contribution is 9.10. The van der Waals surface area contributed by atoms with E-state index in [1.807, 2.05) is 36.0 Å². The largest absolute Gasteiger partial charge is 0.266 e. The smallest absolute Gasteiger partial charge is 0.0831 e. The maximum absolute atomic E-state index is 4.40. The first-order chi connectivity index (χ1) is 6.74. The molecule has 0 amide bonds. The Kier molecular flexibility index (Phi) is 2.63. The minimum atomic E-state index is 0.716. The lowest BCUT2D eigenvalue weighted by molar-refractivity contribution is 0.671. The lowest BCUT2D eigenvalue weighted by atomic mass is 10.3. The van der Waals surface area contributed by atoms with Crippen molar-refractivity contribution in [2.45, 2.75) is 13.5 Å². The Morgan fingerprint density at radius 1 is 1.43 bits per heavy atom. The second-order valence-corrected chi connectivity index (χ2v) is 4.04.